The molecule has 5 nitrogen and oxygen atoms in total. The molecule has 0 unspecified atom stereocenters. The lowest BCUT2D eigenvalue weighted by Crippen LogP contribution is -2.09. The molecule has 7 heteroatoms. The van der Waals surface area contributed by atoms with E-state index in [0.717, 1.165) is 11.9 Å². The van der Waals surface area contributed by atoms with Crippen molar-refractivity contribution in [1.29, 1.82) is 0 Å². The molecule has 0 spiro atoms. The summed E-state index contributed by atoms with van der Waals surface area (Å²) in [7, 11) is -3.29. The first-order valence-corrected chi connectivity index (χ1v) is 7.66. The Morgan fingerprint density at radius 1 is 1.16 bits per heavy atom. The average Bonchev–Trinajstić information content (AvgIpc) is 2.33. The largest absolute Gasteiger partial charge is 0.339 e. The van der Waals surface area contributed by atoms with Crippen LogP contribution in [0.3, 0.4) is 0 Å². The molecular weight excluding hydrogens is 286 g/mol. The van der Waals surface area contributed by atoms with E-state index in [4.69, 9.17) is 11.6 Å². The number of nitrogens with zero attached hydrogens (tertiary/aromatic N) is 1. The van der Waals surface area contributed by atoms with Crippen molar-refractivity contribution in [2.75, 3.05) is 16.3 Å². The summed E-state index contributed by atoms with van der Waals surface area (Å²) < 4.78 is 24.4. The number of pyridine rings is 1. The van der Waals surface area contributed by atoms with Gasteiger partial charge in [-0.1, -0.05) is 23.7 Å². The Balaban J connectivity index is 2.13. The van der Waals surface area contributed by atoms with E-state index >= 15 is 0 Å². The smallest absolute Gasteiger partial charge is 0.229 e. The lowest BCUT2D eigenvalue weighted by Gasteiger charge is -2.08. The van der Waals surface area contributed by atoms with Crippen LogP contribution in [0.4, 0.5) is 17.2 Å². The fourth-order valence-corrected chi connectivity index (χ4v) is 2.17. The van der Waals surface area contributed by atoms with Crippen molar-refractivity contribution in [1.82, 2.24) is 4.98 Å². The number of sulfonamides is 1. The normalized spacial score (nSPS) is 11.1. The number of benzene rings is 1. The number of hydrogen-bond acceptors (Lipinski definition) is 4. The summed E-state index contributed by atoms with van der Waals surface area (Å²) in [5, 5.41) is 3.63. The van der Waals surface area contributed by atoms with Crippen LogP contribution in [0.15, 0.2) is 42.6 Å². The van der Waals surface area contributed by atoms with E-state index in [1.807, 2.05) is 18.2 Å². The van der Waals surface area contributed by atoms with Crippen molar-refractivity contribution in [2.24, 2.45) is 0 Å². The molecular formula is C12H12ClN3O2S. The van der Waals surface area contributed by atoms with Gasteiger partial charge in [0.25, 0.3) is 0 Å². The highest BCUT2D eigenvalue weighted by molar-refractivity contribution is 7.92. The summed E-state index contributed by atoms with van der Waals surface area (Å²) in [5.74, 6) is 0.576. The lowest BCUT2D eigenvalue weighted by atomic mass is 10.3. The molecule has 2 N–H and O–H groups in total. The Bertz CT molecular complexity index is 672. The van der Waals surface area contributed by atoms with Gasteiger partial charge in [-0.25, -0.2) is 13.4 Å². The van der Waals surface area contributed by atoms with Crippen LogP contribution < -0.4 is 10.0 Å². The number of halogens is 1. The maximum absolute atomic E-state index is 11.0. The van der Waals surface area contributed by atoms with Crippen molar-refractivity contribution < 1.29 is 8.42 Å². The third-order valence-electron chi connectivity index (χ3n) is 2.20. The lowest BCUT2D eigenvalue weighted by molar-refractivity contribution is 0.607. The van der Waals surface area contributed by atoms with Gasteiger partial charge in [-0.3, -0.25) is 4.72 Å². The van der Waals surface area contributed by atoms with E-state index in [1.54, 1.807) is 18.2 Å². The molecule has 0 fully saturated rings. The quantitative estimate of drug-likeness (QED) is 0.910. The van der Waals surface area contributed by atoms with E-state index in [0.29, 0.717) is 16.5 Å². The van der Waals surface area contributed by atoms with E-state index in [9.17, 15) is 8.42 Å². The summed E-state index contributed by atoms with van der Waals surface area (Å²) in [5.41, 5.74) is 1.15. The van der Waals surface area contributed by atoms with Gasteiger partial charge in [0, 0.05) is 0 Å². The molecule has 2 rings (SSSR count). The van der Waals surface area contributed by atoms with Gasteiger partial charge in [0.1, 0.15) is 5.82 Å². The van der Waals surface area contributed by atoms with Crippen molar-refractivity contribution in [3.63, 3.8) is 0 Å². The van der Waals surface area contributed by atoms with Crippen LogP contribution in [-0.4, -0.2) is 19.7 Å². The van der Waals surface area contributed by atoms with Gasteiger partial charge in [-0.2, -0.15) is 0 Å². The Kier molecular flexibility index (Phi) is 3.92. The number of nitrogens with one attached hydrogen (secondary N) is 2. The summed E-state index contributed by atoms with van der Waals surface area (Å²) in [4.78, 5) is 4.10. The number of aromatic nitrogens is 1. The second-order valence-electron chi connectivity index (χ2n) is 3.91. The molecule has 0 aliphatic heterocycles. The van der Waals surface area contributed by atoms with Crippen LogP contribution in [0.25, 0.3) is 0 Å². The Hall–Kier alpha value is -1.79. The standard InChI is InChI=1S/C12H12ClN3O2S/c1-19(17,18)16-9-6-7-12(14-8-9)15-11-5-3-2-4-10(11)13/h2-8,16H,1H3,(H,14,15). The third kappa shape index (κ3) is 4.11. The molecule has 1 heterocycles. The van der Waals surface area contributed by atoms with E-state index in [2.05, 4.69) is 15.0 Å². The SMILES string of the molecule is CS(=O)(=O)Nc1ccc(Nc2ccccc2Cl)nc1. The molecule has 19 heavy (non-hydrogen) atoms. The van der Waals surface area contributed by atoms with E-state index in [-0.39, 0.29) is 0 Å². The molecule has 0 amide bonds. The molecule has 0 aliphatic carbocycles. The van der Waals surface area contributed by atoms with Crippen LogP contribution in [0.1, 0.15) is 0 Å². The fourth-order valence-electron chi connectivity index (χ4n) is 1.44. The third-order valence-corrected chi connectivity index (χ3v) is 3.14. The summed E-state index contributed by atoms with van der Waals surface area (Å²) in [6.45, 7) is 0. The van der Waals surface area contributed by atoms with Crippen LogP contribution in [0.5, 0.6) is 0 Å². The van der Waals surface area contributed by atoms with Gasteiger partial charge in [0.2, 0.25) is 10.0 Å². The van der Waals surface area contributed by atoms with Crippen LogP contribution >= 0.6 is 11.6 Å². The van der Waals surface area contributed by atoms with Crippen molar-refractivity contribution >= 4 is 38.8 Å². The van der Waals surface area contributed by atoms with Crippen LogP contribution in [0, 0.1) is 0 Å². The van der Waals surface area contributed by atoms with Crippen molar-refractivity contribution in [3.05, 3.63) is 47.6 Å². The molecule has 0 radical (unpaired) electrons. The number of hydrogen-bond donors (Lipinski definition) is 2. The molecule has 0 saturated heterocycles. The van der Waals surface area contributed by atoms with Gasteiger partial charge >= 0.3 is 0 Å². The highest BCUT2D eigenvalue weighted by Gasteiger charge is 2.03. The molecule has 1 aromatic heterocycles. The van der Waals surface area contributed by atoms with Gasteiger partial charge in [0.05, 0.1) is 28.9 Å². The van der Waals surface area contributed by atoms with Crippen LogP contribution in [0.2, 0.25) is 5.02 Å². The van der Waals surface area contributed by atoms with Crippen LogP contribution in [-0.2, 0) is 10.0 Å². The van der Waals surface area contributed by atoms with Crippen molar-refractivity contribution in [3.8, 4) is 0 Å². The minimum atomic E-state index is -3.29. The molecule has 100 valence electrons. The van der Waals surface area contributed by atoms with Gasteiger partial charge in [0.15, 0.2) is 0 Å². The highest BCUT2D eigenvalue weighted by atomic mass is 35.5. The molecule has 1 aromatic carbocycles. The highest BCUT2D eigenvalue weighted by Crippen LogP contribution is 2.24. The average molecular weight is 298 g/mol. The first-order valence-electron chi connectivity index (χ1n) is 5.39. The molecule has 0 atom stereocenters. The van der Waals surface area contributed by atoms with Gasteiger partial charge in [-0.05, 0) is 24.3 Å². The Morgan fingerprint density at radius 2 is 1.89 bits per heavy atom. The number of para-hydroxylation sites is 1. The predicted molar refractivity (Wildman–Crippen MR) is 77.4 cm³/mol. The fraction of sp³-hybridized carbons (Fsp3) is 0.0833. The Morgan fingerprint density at radius 3 is 2.47 bits per heavy atom. The first kappa shape index (κ1) is 13.6. The maximum Gasteiger partial charge on any atom is 0.229 e. The van der Waals surface area contributed by atoms with E-state index in [1.165, 1.54) is 6.20 Å². The zero-order valence-electron chi connectivity index (χ0n) is 10.1. The van der Waals surface area contributed by atoms with Crippen molar-refractivity contribution in [2.45, 2.75) is 0 Å². The monoisotopic (exact) mass is 297 g/mol. The molecule has 2 aromatic rings. The van der Waals surface area contributed by atoms with Gasteiger partial charge < -0.3 is 5.32 Å². The maximum atomic E-state index is 11.0. The summed E-state index contributed by atoms with van der Waals surface area (Å²) in [6, 6.07) is 10.6. The molecule has 0 bridgehead atoms. The minimum absolute atomic E-state index is 0.409. The Labute approximate surface area is 116 Å². The first-order chi connectivity index (χ1) is 8.94. The minimum Gasteiger partial charge on any atom is -0.339 e. The van der Waals surface area contributed by atoms with E-state index < -0.39 is 10.0 Å². The summed E-state index contributed by atoms with van der Waals surface area (Å²) >= 11 is 6.01. The van der Waals surface area contributed by atoms with Gasteiger partial charge in [-0.15, -0.1) is 0 Å². The number of anilines is 3. The predicted octanol–water partition coefficient (Wildman–Crippen LogP) is 2.85. The second kappa shape index (κ2) is 5.46. The zero-order valence-corrected chi connectivity index (χ0v) is 11.7. The molecule has 0 saturated carbocycles. The summed E-state index contributed by atoms with van der Waals surface area (Å²) in [6.07, 6.45) is 2.52. The molecule has 0 aliphatic rings. The second-order valence-corrected chi connectivity index (χ2v) is 6.07. The topological polar surface area (TPSA) is 71.1 Å². The number of rotatable bonds is 4. The zero-order chi connectivity index (χ0) is 13.9.